The molecule has 2 rings (SSSR count). The molecule has 0 amide bonds. The van der Waals surface area contributed by atoms with Gasteiger partial charge in [0, 0.05) is 12.3 Å². The van der Waals surface area contributed by atoms with E-state index < -0.39 is 5.60 Å². The summed E-state index contributed by atoms with van der Waals surface area (Å²) in [6.45, 7) is 6.75. The fourth-order valence-electron chi connectivity index (χ4n) is 2.48. The van der Waals surface area contributed by atoms with Crippen LogP contribution in [0.3, 0.4) is 0 Å². The van der Waals surface area contributed by atoms with E-state index in [4.69, 9.17) is 15.0 Å². The number of nitrogen functional groups attached to an aromatic ring is 1. The molecule has 1 aromatic carbocycles. The zero-order valence-electron chi connectivity index (χ0n) is 12.9. The van der Waals surface area contributed by atoms with Crippen molar-refractivity contribution in [2.24, 2.45) is 0 Å². The lowest BCUT2D eigenvalue weighted by atomic mass is 9.96. The van der Waals surface area contributed by atoms with Gasteiger partial charge in [-0.25, -0.2) is 0 Å². The zero-order chi connectivity index (χ0) is 15.3. The van der Waals surface area contributed by atoms with Crippen LogP contribution in [0.15, 0.2) is 28.8 Å². The van der Waals surface area contributed by atoms with Gasteiger partial charge in [0.25, 0.3) is 0 Å². The summed E-state index contributed by atoms with van der Waals surface area (Å²) in [5, 5.41) is 4.12. The van der Waals surface area contributed by atoms with Gasteiger partial charge in [-0.1, -0.05) is 37.2 Å². The van der Waals surface area contributed by atoms with Crippen LogP contribution >= 0.6 is 0 Å². The monoisotopic (exact) mass is 289 g/mol. The molecule has 0 saturated carbocycles. The average molecular weight is 289 g/mol. The predicted molar refractivity (Wildman–Crippen MR) is 81.8 cm³/mol. The van der Waals surface area contributed by atoms with Gasteiger partial charge in [0.2, 0.25) is 11.7 Å². The van der Waals surface area contributed by atoms with E-state index in [9.17, 15) is 0 Å². The number of nitrogens with zero attached hydrogens (tertiary/aromatic N) is 2. The molecular weight excluding hydrogens is 266 g/mol. The summed E-state index contributed by atoms with van der Waals surface area (Å²) in [6.07, 6.45) is 2.16. The molecule has 2 aromatic rings. The van der Waals surface area contributed by atoms with Gasteiger partial charge in [-0.15, -0.1) is 0 Å². The first-order valence-electron chi connectivity index (χ1n) is 7.45. The Morgan fingerprint density at radius 2 is 1.90 bits per heavy atom. The highest BCUT2D eigenvalue weighted by Crippen LogP contribution is 2.31. The number of hydrogen-bond donors (Lipinski definition) is 1. The van der Waals surface area contributed by atoms with Crippen LogP contribution < -0.4 is 5.73 Å². The lowest BCUT2D eigenvalue weighted by molar-refractivity contribution is -0.0583. The molecule has 5 nitrogen and oxygen atoms in total. The first kappa shape index (κ1) is 15.5. The quantitative estimate of drug-likeness (QED) is 0.792. The number of aromatic nitrogens is 2. The van der Waals surface area contributed by atoms with Crippen LogP contribution in [0.1, 0.15) is 50.9 Å². The summed E-state index contributed by atoms with van der Waals surface area (Å²) in [4.78, 5) is 4.52. The van der Waals surface area contributed by atoms with Gasteiger partial charge >= 0.3 is 0 Å². The highest BCUT2D eigenvalue weighted by Gasteiger charge is 2.34. The lowest BCUT2D eigenvalue weighted by Gasteiger charge is -2.27. The molecule has 0 atom stereocenters. The van der Waals surface area contributed by atoms with Crippen molar-refractivity contribution in [1.82, 2.24) is 10.1 Å². The topological polar surface area (TPSA) is 74.2 Å². The van der Waals surface area contributed by atoms with Crippen molar-refractivity contribution in [2.45, 2.75) is 45.6 Å². The van der Waals surface area contributed by atoms with Crippen LogP contribution in [0.2, 0.25) is 0 Å². The fraction of sp³-hybridized carbons (Fsp3) is 0.500. The maximum atomic E-state index is 5.95. The van der Waals surface area contributed by atoms with Gasteiger partial charge in [-0.05, 0) is 31.4 Å². The van der Waals surface area contributed by atoms with E-state index in [-0.39, 0.29) is 0 Å². The Labute approximate surface area is 125 Å². The van der Waals surface area contributed by atoms with E-state index in [0.717, 1.165) is 24.1 Å². The first-order valence-corrected chi connectivity index (χ1v) is 7.45. The third-order valence-corrected chi connectivity index (χ3v) is 3.84. The zero-order valence-corrected chi connectivity index (χ0v) is 12.9. The number of hydrogen-bond acceptors (Lipinski definition) is 5. The highest BCUT2D eigenvalue weighted by atomic mass is 16.5. The van der Waals surface area contributed by atoms with E-state index in [1.165, 1.54) is 0 Å². The molecule has 0 fully saturated rings. The Morgan fingerprint density at radius 1 is 1.19 bits per heavy atom. The van der Waals surface area contributed by atoms with Crippen molar-refractivity contribution in [2.75, 3.05) is 12.3 Å². The molecule has 0 unspecified atom stereocenters. The van der Waals surface area contributed by atoms with Gasteiger partial charge in [-0.2, -0.15) is 4.98 Å². The first-order chi connectivity index (χ1) is 10.1. The molecule has 0 aliphatic carbocycles. The molecule has 114 valence electrons. The SMILES string of the molecule is CCOC(CC)(CC)c1noc(Cc2ccccc2N)n1. The maximum absolute atomic E-state index is 5.95. The molecule has 2 N–H and O–H groups in total. The second-order valence-corrected chi connectivity index (χ2v) is 5.02. The summed E-state index contributed by atoms with van der Waals surface area (Å²) in [5.74, 6) is 1.19. The molecule has 0 aliphatic rings. The van der Waals surface area contributed by atoms with Gasteiger partial charge in [0.1, 0.15) is 5.60 Å². The summed E-state index contributed by atoms with van der Waals surface area (Å²) >= 11 is 0. The van der Waals surface area contributed by atoms with Gasteiger partial charge in [-0.3, -0.25) is 0 Å². The van der Waals surface area contributed by atoms with Crippen molar-refractivity contribution >= 4 is 5.69 Å². The van der Waals surface area contributed by atoms with Crippen LogP contribution in [0.5, 0.6) is 0 Å². The van der Waals surface area contributed by atoms with Gasteiger partial charge < -0.3 is 15.0 Å². The minimum atomic E-state index is -0.460. The highest BCUT2D eigenvalue weighted by molar-refractivity contribution is 5.47. The third-order valence-electron chi connectivity index (χ3n) is 3.84. The lowest BCUT2D eigenvalue weighted by Crippen LogP contribution is -2.29. The van der Waals surface area contributed by atoms with E-state index in [0.29, 0.717) is 24.7 Å². The Hall–Kier alpha value is -1.88. The number of nitrogens with two attached hydrogens (primary N) is 1. The van der Waals surface area contributed by atoms with Crippen LogP contribution in [-0.4, -0.2) is 16.7 Å². The number of anilines is 1. The smallest absolute Gasteiger partial charge is 0.231 e. The average Bonchev–Trinajstić information content (AvgIpc) is 2.96. The Balaban J connectivity index is 2.23. The Morgan fingerprint density at radius 3 is 2.52 bits per heavy atom. The largest absolute Gasteiger partial charge is 0.398 e. The van der Waals surface area contributed by atoms with Crippen molar-refractivity contribution in [1.29, 1.82) is 0 Å². The third kappa shape index (κ3) is 3.24. The van der Waals surface area contributed by atoms with Crippen molar-refractivity contribution < 1.29 is 9.26 Å². The molecular formula is C16H23N3O2. The molecule has 0 bridgehead atoms. The normalized spacial score (nSPS) is 11.8. The summed E-state index contributed by atoms with van der Waals surface area (Å²) in [6, 6.07) is 7.70. The number of rotatable bonds is 7. The summed E-state index contributed by atoms with van der Waals surface area (Å²) in [5.41, 5.74) is 7.21. The number of ether oxygens (including phenoxy) is 1. The van der Waals surface area contributed by atoms with Gasteiger partial charge in [0.05, 0.1) is 6.42 Å². The molecule has 0 saturated heterocycles. The minimum Gasteiger partial charge on any atom is -0.398 e. The molecule has 0 spiro atoms. The minimum absolute atomic E-state index is 0.460. The van der Waals surface area contributed by atoms with Crippen LogP contribution in [-0.2, 0) is 16.8 Å². The molecule has 21 heavy (non-hydrogen) atoms. The van der Waals surface area contributed by atoms with Crippen molar-refractivity contribution in [3.63, 3.8) is 0 Å². The van der Waals surface area contributed by atoms with E-state index in [1.807, 2.05) is 31.2 Å². The number of para-hydroxylation sites is 1. The standard InChI is InChI=1S/C16H23N3O2/c1-4-16(5-2,20-6-3)15-18-14(21-19-15)11-12-9-7-8-10-13(12)17/h7-10H,4-6,11,17H2,1-3H3. The van der Waals surface area contributed by atoms with Gasteiger partial charge in [0.15, 0.2) is 0 Å². The number of benzene rings is 1. The fourth-order valence-corrected chi connectivity index (χ4v) is 2.48. The summed E-state index contributed by atoms with van der Waals surface area (Å²) < 4.78 is 11.3. The molecule has 1 aromatic heterocycles. The van der Waals surface area contributed by atoms with Crippen LogP contribution in [0.25, 0.3) is 0 Å². The Bertz CT molecular complexity index is 576. The van der Waals surface area contributed by atoms with Crippen LogP contribution in [0, 0.1) is 0 Å². The van der Waals surface area contributed by atoms with E-state index in [2.05, 4.69) is 24.0 Å². The van der Waals surface area contributed by atoms with E-state index in [1.54, 1.807) is 0 Å². The molecule has 0 aliphatic heterocycles. The van der Waals surface area contributed by atoms with Crippen molar-refractivity contribution in [3.05, 3.63) is 41.5 Å². The second kappa shape index (κ2) is 6.72. The van der Waals surface area contributed by atoms with Crippen LogP contribution in [0.4, 0.5) is 5.69 Å². The second-order valence-electron chi connectivity index (χ2n) is 5.02. The molecule has 5 heteroatoms. The summed E-state index contributed by atoms with van der Waals surface area (Å²) in [7, 11) is 0. The maximum Gasteiger partial charge on any atom is 0.231 e. The Kier molecular flexibility index (Phi) is 4.96. The van der Waals surface area contributed by atoms with E-state index >= 15 is 0 Å². The van der Waals surface area contributed by atoms with Crippen molar-refractivity contribution in [3.8, 4) is 0 Å². The molecule has 0 radical (unpaired) electrons. The predicted octanol–water partition coefficient (Wildman–Crippen LogP) is 3.29. The molecule has 1 heterocycles.